The summed E-state index contributed by atoms with van der Waals surface area (Å²) in [7, 11) is 0. The number of hydrogen-bond acceptors (Lipinski definition) is 11. The van der Waals surface area contributed by atoms with E-state index < -0.39 is 0 Å². The molecule has 0 saturated carbocycles. The van der Waals surface area contributed by atoms with E-state index in [9.17, 15) is 20.1 Å². The number of rotatable bonds is 34. The number of Topliss-reactive ketones (excluding diaryl/α,β-unsaturated/α-hetero) is 2. The van der Waals surface area contributed by atoms with Crippen LogP contribution < -0.4 is 0 Å². The van der Waals surface area contributed by atoms with Gasteiger partial charge in [0.25, 0.3) is 11.4 Å². The molecule has 15 heteroatoms. The van der Waals surface area contributed by atoms with Gasteiger partial charge < -0.3 is 9.13 Å². The van der Waals surface area contributed by atoms with Gasteiger partial charge in [0.2, 0.25) is 0 Å². The summed E-state index contributed by atoms with van der Waals surface area (Å²) in [6.07, 6.45) is 36.4. The van der Waals surface area contributed by atoms with E-state index >= 15 is 0 Å². The van der Waals surface area contributed by atoms with Crippen molar-refractivity contribution in [3.8, 4) is 12.1 Å². The Hall–Kier alpha value is -7.34. The van der Waals surface area contributed by atoms with Gasteiger partial charge >= 0.3 is 0 Å². The van der Waals surface area contributed by atoms with Crippen LogP contribution in [0.15, 0.2) is 71.1 Å². The topological polar surface area (TPSA) is 126 Å². The number of carbonyl (C=O) groups is 2. The van der Waals surface area contributed by atoms with Crippen molar-refractivity contribution in [3.05, 3.63) is 137 Å². The Labute approximate surface area is 593 Å². The van der Waals surface area contributed by atoms with Gasteiger partial charge in [-0.2, -0.15) is 8.75 Å². The average Bonchev–Trinajstić information content (AvgIpc) is 1.51. The average molecular weight is 1380 g/mol. The Morgan fingerprint density at radius 1 is 0.474 bits per heavy atom. The predicted molar refractivity (Wildman–Crippen MR) is 414 cm³/mol. The quantitative estimate of drug-likeness (QED) is 0.0171. The van der Waals surface area contributed by atoms with E-state index in [0.29, 0.717) is 56.4 Å². The molecule has 2 aliphatic carbocycles. The highest BCUT2D eigenvalue weighted by Gasteiger charge is 2.37. The minimum Gasteiger partial charge on any atom is -0.337 e. The first kappa shape index (κ1) is 69.6. The van der Waals surface area contributed by atoms with Crippen molar-refractivity contribution in [1.29, 1.82) is 10.5 Å². The highest BCUT2D eigenvalue weighted by atomic mass is 32.1. The number of ketones is 2. The molecule has 0 N–H and O–H groups in total. The lowest BCUT2D eigenvalue weighted by molar-refractivity contribution is 0.103. The Bertz CT molecular complexity index is 4590. The molecule has 12 rings (SSSR count). The molecule has 0 saturated heterocycles. The molecule has 2 atom stereocenters. The van der Waals surface area contributed by atoms with Crippen molar-refractivity contribution in [2.45, 2.75) is 234 Å². The van der Waals surface area contributed by atoms with E-state index in [-0.39, 0.29) is 23.0 Å². The fourth-order valence-electron chi connectivity index (χ4n) is 15.5. The van der Waals surface area contributed by atoms with Gasteiger partial charge in [-0.3, -0.25) is 9.59 Å². The third-order valence-electron chi connectivity index (χ3n) is 20.8. The number of carbonyl (C=O) groups excluding carboxylic acids is 2. The van der Waals surface area contributed by atoms with Crippen LogP contribution in [0.3, 0.4) is 0 Å². The first-order valence-corrected chi connectivity index (χ1v) is 40.4. The summed E-state index contributed by atoms with van der Waals surface area (Å²) in [6, 6.07) is 19.3. The zero-order valence-corrected chi connectivity index (χ0v) is 61.7. The molecule has 2 unspecified atom stereocenters. The van der Waals surface area contributed by atoms with E-state index in [1.54, 1.807) is 22.7 Å². The van der Waals surface area contributed by atoms with Crippen molar-refractivity contribution in [3.63, 3.8) is 0 Å². The number of aromatic nitrogens is 4. The van der Waals surface area contributed by atoms with Gasteiger partial charge in [-0.1, -0.05) is 231 Å². The molecule has 97 heavy (non-hydrogen) atoms. The highest BCUT2D eigenvalue weighted by Crippen LogP contribution is 2.56. The maximum Gasteiger partial charge on any atom is 0.270 e. The maximum absolute atomic E-state index is 14.8. The second-order valence-electron chi connectivity index (χ2n) is 27.1. The number of nitrogens with zero attached hydrogens (tertiary/aromatic N) is 8. The van der Waals surface area contributed by atoms with Crippen LogP contribution in [-0.2, 0) is 25.9 Å². The van der Waals surface area contributed by atoms with Gasteiger partial charge in [-0.25, -0.2) is 20.2 Å². The Balaban J connectivity index is 1.13. The summed E-state index contributed by atoms with van der Waals surface area (Å²) in [6.45, 7) is 31.9. The Morgan fingerprint density at radius 2 is 0.835 bits per heavy atom. The molecule has 0 radical (unpaired) electrons. The largest absolute Gasteiger partial charge is 0.337 e. The zero-order valence-electron chi connectivity index (χ0n) is 57.6. The summed E-state index contributed by atoms with van der Waals surface area (Å²) in [5.41, 5.74) is 13.2. The van der Waals surface area contributed by atoms with E-state index in [2.05, 4.69) is 72.5 Å². The molecule has 2 aliphatic rings. The molecule has 0 spiro atoms. The molecule has 3 aromatic carbocycles. The molecule has 10 aromatic rings. The van der Waals surface area contributed by atoms with E-state index in [1.165, 1.54) is 174 Å². The van der Waals surface area contributed by atoms with Gasteiger partial charge in [-0.05, 0) is 84.8 Å². The normalized spacial score (nSPS) is 15.7. The smallest absolute Gasteiger partial charge is 0.270 e. The summed E-state index contributed by atoms with van der Waals surface area (Å²) in [5.74, 6) is 0.493. The summed E-state index contributed by atoms with van der Waals surface area (Å²) in [4.78, 5) is 39.1. The minimum atomic E-state index is -0.147. The van der Waals surface area contributed by atoms with E-state index in [1.807, 2.05) is 83.4 Å². The lowest BCUT2D eigenvalue weighted by Gasteiger charge is -2.20. The second kappa shape index (κ2) is 32.1. The number of nitriles is 2. The third-order valence-corrected chi connectivity index (χ3v) is 26.5. The number of aryl methyl sites for hydroxylation is 2. The van der Waals surface area contributed by atoms with Gasteiger partial charge in [0, 0.05) is 67.0 Å². The predicted octanol–water partition coefficient (Wildman–Crippen LogP) is 25.9. The fourth-order valence-corrected chi connectivity index (χ4v) is 22.0. The van der Waals surface area contributed by atoms with Crippen LogP contribution in [-0.4, -0.2) is 29.4 Å². The number of allylic oxidation sites excluding steroid dienone is 6. The van der Waals surface area contributed by atoms with Crippen LogP contribution >= 0.6 is 57.1 Å². The molecule has 0 bridgehead atoms. The standard InChI is InChI=1S/C82H90N8O2S5/c1-9-15-19-21-23-25-27-29-31-43-57-63(45-59-65(61(47-83)85-7)53-39-33-35-41-55(53)75(59)91)93-81-73-79(95-77(57)81)67-69-70(88-97-87-69)68-72(71(67)89(73)49-51(13-5)37-17-11-3)90(50-52(14-6)38-18-12-4)74-80(68)96-78-58(44-32-30-28-26-24-22-20-16-10-2)64(94-82(74)78)46-60-66(62(48-84)86-8)54-40-34-36-42-56(54)76(60)92/h33-36,39-42,45-46,51-52H,9-32,37-38,43-44,49-50H2,1-6H3/b59-45-,60-46-,65-61+,66-62?. The van der Waals surface area contributed by atoms with Crippen molar-refractivity contribution >= 4 is 164 Å². The molecule has 10 nitrogen and oxygen atoms in total. The molecule has 7 aromatic heterocycles. The summed E-state index contributed by atoms with van der Waals surface area (Å²) >= 11 is 8.62. The van der Waals surface area contributed by atoms with Crippen molar-refractivity contribution in [1.82, 2.24) is 17.9 Å². The zero-order chi connectivity index (χ0) is 67.7. The van der Waals surface area contributed by atoms with E-state index in [0.717, 1.165) is 124 Å². The lowest BCUT2D eigenvalue weighted by atomic mass is 9.98. The van der Waals surface area contributed by atoms with E-state index in [4.69, 9.17) is 21.9 Å². The molecule has 0 aliphatic heterocycles. The van der Waals surface area contributed by atoms with Crippen LogP contribution in [0.5, 0.6) is 0 Å². The fraction of sp³-hybridized carbons (Fsp3) is 0.463. The maximum atomic E-state index is 14.8. The van der Waals surface area contributed by atoms with Crippen molar-refractivity contribution in [2.75, 3.05) is 0 Å². The SMILES string of the molecule is [C-]#[N+]C(C#N)=C1/C(=C/c2sc3c(sc4c5c6nsnc6c6c7sc8c(CCCCCCCCCCC)c(/C=C9\C(=O)c%10ccccc%10\C9=C(\C#N)[N+]#[C-])sc8c7n(CC(CC)CCCC)c6c5n(CC(CC)CCCC)c34)c2CCCCCCCCCCC)C(=O)c2ccccc21. The van der Waals surface area contributed by atoms with Crippen molar-refractivity contribution in [2.24, 2.45) is 11.8 Å². The molecule has 0 fully saturated rings. The van der Waals surface area contributed by atoms with Gasteiger partial charge in [0.05, 0.1) is 87.3 Å². The highest BCUT2D eigenvalue weighted by molar-refractivity contribution is 7.34. The minimum absolute atomic E-state index is 0.0634. The van der Waals surface area contributed by atoms with Crippen molar-refractivity contribution < 1.29 is 9.59 Å². The second-order valence-corrected chi connectivity index (χ2v) is 31.8. The number of thiophene rings is 4. The van der Waals surface area contributed by atoms with Crippen LogP contribution in [0, 0.1) is 47.6 Å². The first-order chi connectivity index (χ1) is 47.6. The molecule has 0 amide bonds. The lowest BCUT2D eigenvalue weighted by Crippen LogP contribution is -2.13. The monoisotopic (exact) mass is 1380 g/mol. The molecule has 7 heterocycles. The number of unbranched alkanes of at least 4 members (excludes halogenated alkanes) is 18. The first-order valence-electron chi connectivity index (χ1n) is 36.4. The summed E-state index contributed by atoms with van der Waals surface area (Å²) in [5, 5.41) is 23.3. The number of benzene rings is 3. The Kier molecular flexibility index (Phi) is 23.0. The molecular formula is C82H90N8O2S5. The summed E-state index contributed by atoms with van der Waals surface area (Å²) < 4.78 is 23.6. The number of fused-ring (bicyclic) bond motifs is 16. The van der Waals surface area contributed by atoms with Crippen LogP contribution in [0.25, 0.3) is 105 Å². The van der Waals surface area contributed by atoms with Crippen LogP contribution in [0.2, 0.25) is 0 Å². The molecule has 500 valence electrons. The number of hydrogen-bond donors (Lipinski definition) is 0. The van der Waals surface area contributed by atoms with Crippen LogP contribution in [0.4, 0.5) is 0 Å². The van der Waals surface area contributed by atoms with Gasteiger partial charge in [-0.15, -0.1) is 45.3 Å². The van der Waals surface area contributed by atoms with Gasteiger partial charge in [0.1, 0.15) is 11.0 Å². The third kappa shape index (κ3) is 13.4. The van der Waals surface area contributed by atoms with Crippen LogP contribution in [0.1, 0.15) is 261 Å². The Morgan fingerprint density at radius 3 is 1.19 bits per heavy atom. The molecular weight excluding hydrogens is 1290 g/mol. The van der Waals surface area contributed by atoms with Gasteiger partial charge in [0.15, 0.2) is 11.6 Å².